The van der Waals surface area contributed by atoms with Gasteiger partial charge in [0, 0.05) is 6.61 Å². The Balaban J connectivity index is 0. The van der Waals surface area contributed by atoms with Gasteiger partial charge in [0.15, 0.2) is 0 Å². The molecule has 0 fully saturated rings. The third-order valence-electron chi connectivity index (χ3n) is 3.66. The lowest BCUT2D eigenvalue weighted by molar-refractivity contribution is 0.318. The monoisotopic (exact) mass is 301 g/mol. The first kappa shape index (κ1) is 22.8. The van der Waals surface area contributed by atoms with Crippen LogP contribution in [0.2, 0.25) is 0 Å². The van der Waals surface area contributed by atoms with Crippen LogP contribution in [0.5, 0.6) is 0 Å². The zero-order chi connectivity index (χ0) is 16.2. The number of rotatable bonds is 14. The van der Waals surface area contributed by atoms with Crippen molar-refractivity contribution in [2.24, 2.45) is 5.18 Å². The normalized spacial score (nSPS) is 11.6. The van der Waals surface area contributed by atoms with Crippen LogP contribution in [0.1, 0.15) is 104 Å². The molecule has 0 amide bonds. The topological polar surface area (TPSA) is 49.7 Å². The molecule has 0 radical (unpaired) electrons. The van der Waals surface area contributed by atoms with Crippen molar-refractivity contribution in [2.45, 2.75) is 110 Å². The first-order valence-electron chi connectivity index (χ1n) is 9.19. The van der Waals surface area contributed by atoms with E-state index in [4.69, 9.17) is 5.11 Å². The molecule has 1 unspecified atom stereocenters. The Morgan fingerprint density at radius 3 is 1.52 bits per heavy atom. The standard InChI is InChI=1S/C16H33NO.C2H6O/c1-3-5-6-7-8-9-10-11-12-13-15-16(17-18)14-4-2;1-2-3/h16H,3-15H2,1-2H3;3H,2H2,1H3. The molecule has 0 rings (SSSR count). The summed E-state index contributed by atoms with van der Waals surface area (Å²) in [5.41, 5.74) is 0. The largest absolute Gasteiger partial charge is 0.397 e. The molecule has 0 bridgehead atoms. The van der Waals surface area contributed by atoms with Crippen LogP contribution in [0.4, 0.5) is 0 Å². The minimum absolute atomic E-state index is 0.0871. The Labute approximate surface area is 132 Å². The Bertz CT molecular complexity index is 186. The molecule has 0 saturated carbocycles. The average Bonchev–Trinajstić information content (AvgIpc) is 2.49. The average molecular weight is 302 g/mol. The summed E-state index contributed by atoms with van der Waals surface area (Å²) in [5.74, 6) is 0. The molecule has 0 aliphatic rings. The van der Waals surface area contributed by atoms with Gasteiger partial charge in [0.2, 0.25) is 0 Å². The number of nitroso groups, excluding NO2 is 1. The highest BCUT2D eigenvalue weighted by atomic mass is 16.3. The zero-order valence-electron chi connectivity index (χ0n) is 14.8. The predicted octanol–water partition coefficient (Wildman–Crippen LogP) is 6.23. The van der Waals surface area contributed by atoms with Gasteiger partial charge in [-0.05, 0) is 19.8 Å². The van der Waals surface area contributed by atoms with E-state index in [2.05, 4.69) is 19.0 Å². The maximum Gasteiger partial charge on any atom is 0.0919 e. The van der Waals surface area contributed by atoms with E-state index in [9.17, 15) is 4.91 Å². The van der Waals surface area contributed by atoms with E-state index >= 15 is 0 Å². The van der Waals surface area contributed by atoms with E-state index in [1.165, 1.54) is 64.2 Å². The van der Waals surface area contributed by atoms with Crippen molar-refractivity contribution in [2.75, 3.05) is 6.61 Å². The fourth-order valence-electron chi connectivity index (χ4n) is 2.45. The summed E-state index contributed by atoms with van der Waals surface area (Å²) < 4.78 is 0. The molecule has 3 nitrogen and oxygen atoms in total. The second-order valence-corrected chi connectivity index (χ2v) is 5.83. The molecule has 128 valence electrons. The number of aliphatic hydroxyl groups excluding tert-OH is 1. The maximum atomic E-state index is 10.5. The molecular weight excluding hydrogens is 262 g/mol. The number of unbranched alkanes of at least 4 members (excludes halogenated alkanes) is 9. The van der Waals surface area contributed by atoms with Crippen molar-refractivity contribution < 1.29 is 5.11 Å². The van der Waals surface area contributed by atoms with Crippen molar-refractivity contribution in [1.29, 1.82) is 0 Å². The Hall–Kier alpha value is -0.440. The van der Waals surface area contributed by atoms with E-state index < -0.39 is 0 Å². The maximum absolute atomic E-state index is 10.5. The zero-order valence-corrected chi connectivity index (χ0v) is 14.8. The molecule has 1 atom stereocenters. The number of hydrogen-bond acceptors (Lipinski definition) is 3. The summed E-state index contributed by atoms with van der Waals surface area (Å²) >= 11 is 0. The molecular formula is C18H39NO2. The minimum atomic E-state index is 0.0871. The van der Waals surface area contributed by atoms with Crippen molar-refractivity contribution in [3.8, 4) is 0 Å². The summed E-state index contributed by atoms with van der Waals surface area (Å²) in [6, 6.07) is 0.0871. The van der Waals surface area contributed by atoms with E-state index in [-0.39, 0.29) is 12.6 Å². The van der Waals surface area contributed by atoms with Gasteiger partial charge in [-0.1, -0.05) is 89.7 Å². The fraction of sp³-hybridized carbons (Fsp3) is 1.00. The lowest BCUT2D eigenvalue weighted by Gasteiger charge is -2.07. The Morgan fingerprint density at radius 1 is 0.714 bits per heavy atom. The van der Waals surface area contributed by atoms with Crippen LogP contribution in [0.25, 0.3) is 0 Å². The number of aliphatic hydroxyl groups is 1. The van der Waals surface area contributed by atoms with Crippen LogP contribution in [-0.4, -0.2) is 17.8 Å². The van der Waals surface area contributed by atoms with Gasteiger partial charge in [0.05, 0.1) is 6.04 Å². The minimum Gasteiger partial charge on any atom is -0.397 e. The van der Waals surface area contributed by atoms with E-state index in [1.54, 1.807) is 6.92 Å². The first-order chi connectivity index (χ1) is 10.3. The highest BCUT2D eigenvalue weighted by molar-refractivity contribution is 4.64. The van der Waals surface area contributed by atoms with Crippen LogP contribution in [0.3, 0.4) is 0 Å². The summed E-state index contributed by atoms with van der Waals surface area (Å²) in [4.78, 5) is 10.5. The van der Waals surface area contributed by atoms with Crippen molar-refractivity contribution in [3.63, 3.8) is 0 Å². The quantitative estimate of drug-likeness (QED) is 0.305. The van der Waals surface area contributed by atoms with Gasteiger partial charge in [-0.2, -0.15) is 4.91 Å². The van der Waals surface area contributed by atoms with Crippen molar-refractivity contribution >= 4 is 0 Å². The molecule has 0 saturated heterocycles. The smallest absolute Gasteiger partial charge is 0.0919 e. The summed E-state index contributed by atoms with van der Waals surface area (Å²) in [6.07, 6.45) is 16.6. The summed E-state index contributed by atoms with van der Waals surface area (Å²) in [5, 5.41) is 10.8. The fourth-order valence-corrected chi connectivity index (χ4v) is 2.45. The lowest BCUT2D eigenvalue weighted by Crippen LogP contribution is -2.02. The van der Waals surface area contributed by atoms with Crippen molar-refractivity contribution in [1.82, 2.24) is 0 Å². The molecule has 3 heteroatoms. The van der Waals surface area contributed by atoms with Gasteiger partial charge in [-0.15, -0.1) is 0 Å². The third kappa shape index (κ3) is 22.0. The van der Waals surface area contributed by atoms with Gasteiger partial charge in [-0.3, -0.25) is 0 Å². The van der Waals surface area contributed by atoms with Crippen LogP contribution < -0.4 is 0 Å². The molecule has 0 aliphatic heterocycles. The van der Waals surface area contributed by atoms with Gasteiger partial charge in [0.25, 0.3) is 0 Å². The molecule has 1 N–H and O–H groups in total. The van der Waals surface area contributed by atoms with Crippen molar-refractivity contribution in [3.05, 3.63) is 4.91 Å². The predicted molar refractivity (Wildman–Crippen MR) is 93.7 cm³/mol. The SMILES string of the molecule is CCCCCCCCCCCCC(CCC)N=O.CCO. The Morgan fingerprint density at radius 2 is 1.14 bits per heavy atom. The third-order valence-corrected chi connectivity index (χ3v) is 3.66. The van der Waals surface area contributed by atoms with Gasteiger partial charge in [0.1, 0.15) is 0 Å². The molecule has 0 aromatic heterocycles. The second kappa shape index (κ2) is 21.9. The lowest BCUT2D eigenvalue weighted by atomic mass is 10.0. The first-order valence-corrected chi connectivity index (χ1v) is 9.19. The van der Waals surface area contributed by atoms with E-state index in [1.807, 2.05) is 0 Å². The highest BCUT2D eigenvalue weighted by Gasteiger charge is 2.06. The second-order valence-electron chi connectivity index (χ2n) is 5.83. The van der Waals surface area contributed by atoms with Gasteiger partial charge < -0.3 is 5.11 Å². The number of hydrogen-bond donors (Lipinski definition) is 1. The van der Waals surface area contributed by atoms with Crippen LogP contribution >= 0.6 is 0 Å². The molecule has 0 aliphatic carbocycles. The van der Waals surface area contributed by atoms with Crippen LogP contribution in [0.15, 0.2) is 5.18 Å². The van der Waals surface area contributed by atoms with Gasteiger partial charge in [-0.25, -0.2) is 0 Å². The molecule has 0 aromatic carbocycles. The summed E-state index contributed by atoms with van der Waals surface area (Å²) in [6.45, 7) is 6.32. The molecule has 0 spiro atoms. The number of nitrogens with zero attached hydrogens (tertiary/aromatic N) is 1. The highest BCUT2D eigenvalue weighted by Crippen LogP contribution is 2.14. The van der Waals surface area contributed by atoms with Crippen LogP contribution in [0, 0.1) is 4.91 Å². The molecule has 0 aromatic rings. The van der Waals surface area contributed by atoms with E-state index in [0.717, 1.165) is 19.3 Å². The van der Waals surface area contributed by atoms with Gasteiger partial charge >= 0.3 is 0 Å². The Kier molecular flexibility index (Phi) is 23.8. The van der Waals surface area contributed by atoms with Crippen LogP contribution in [-0.2, 0) is 0 Å². The van der Waals surface area contributed by atoms with E-state index in [0.29, 0.717) is 0 Å². The summed E-state index contributed by atoms with van der Waals surface area (Å²) in [7, 11) is 0. The molecule has 21 heavy (non-hydrogen) atoms. The molecule has 0 heterocycles.